The minimum absolute atomic E-state index is 0.434. The Morgan fingerprint density at radius 3 is 2.42 bits per heavy atom. The van der Waals surface area contributed by atoms with Crippen molar-refractivity contribution in [2.45, 2.75) is 59.9 Å². The Morgan fingerprint density at radius 2 is 1.84 bits per heavy atom. The van der Waals surface area contributed by atoms with Gasteiger partial charge in [0, 0.05) is 24.3 Å². The minimum Gasteiger partial charge on any atom is -0.367 e. The second-order valence-electron chi connectivity index (χ2n) is 5.15. The predicted molar refractivity (Wildman–Crippen MR) is 82.7 cm³/mol. The lowest BCUT2D eigenvalue weighted by molar-refractivity contribution is 0.437. The topological polar surface area (TPSA) is 49.8 Å². The normalized spacial score (nSPS) is 12.5. The highest BCUT2D eigenvalue weighted by molar-refractivity contribution is 5.42. The van der Waals surface area contributed by atoms with Gasteiger partial charge in [-0.15, -0.1) is 0 Å². The summed E-state index contributed by atoms with van der Waals surface area (Å²) in [5.74, 6) is 2.33. The fourth-order valence-corrected chi connectivity index (χ4v) is 2.31. The third kappa shape index (κ3) is 5.05. The van der Waals surface area contributed by atoms with Crippen molar-refractivity contribution in [1.29, 1.82) is 0 Å². The summed E-state index contributed by atoms with van der Waals surface area (Å²) in [5.41, 5.74) is 0.993. The molecule has 1 atom stereocenters. The summed E-state index contributed by atoms with van der Waals surface area (Å²) < 4.78 is 0. The summed E-state index contributed by atoms with van der Waals surface area (Å²) in [6.07, 6.45) is 3.45. The first-order chi connectivity index (χ1) is 9.10. The Hall–Kier alpha value is -1.32. The largest absolute Gasteiger partial charge is 0.367 e. The number of rotatable bonds is 8. The summed E-state index contributed by atoms with van der Waals surface area (Å²) in [4.78, 5) is 8.93. The van der Waals surface area contributed by atoms with Crippen LogP contribution in [0.1, 0.15) is 52.7 Å². The van der Waals surface area contributed by atoms with Gasteiger partial charge in [-0.1, -0.05) is 33.6 Å². The summed E-state index contributed by atoms with van der Waals surface area (Å²) in [6.45, 7) is 11.8. The van der Waals surface area contributed by atoms with Gasteiger partial charge in [-0.2, -0.15) is 4.98 Å². The maximum Gasteiger partial charge on any atom is 0.224 e. The molecule has 4 nitrogen and oxygen atoms in total. The number of hydrogen-bond donors (Lipinski definition) is 2. The molecule has 1 rings (SSSR count). The van der Waals surface area contributed by atoms with E-state index in [2.05, 4.69) is 48.3 Å². The minimum atomic E-state index is 0.434. The Labute approximate surface area is 117 Å². The van der Waals surface area contributed by atoms with E-state index in [4.69, 9.17) is 0 Å². The molecule has 1 aromatic heterocycles. The average molecular weight is 264 g/mol. The second-order valence-corrected chi connectivity index (χ2v) is 5.15. The van der Waals surface area contributed by atoms with E-state index < -0.39 is 0 Å². The lowest BCUT2D eigenvalue weighted by Gasteiger charge is -2.23. The number of nitrogens with one attached hydrogen (secondary N) is 2. The van der Waals surface area contributed by atoms with Crippen molar-refractivity contribution in [3.05, 3.63) is 11.8 Å². The zero-order valence-corrected chi connectivity index (χ0v) is 13.0. The van der Waals surface area contributed by atoms with Crippen LogP contribution in [0.15, 0.2) is 6.07 Å². The van der Waals surface area contributed by atoms with Gasteiger partial charge in [0.1, 0.15) is 5.82 Å². The van der Waals surface area contributed by atoms with Gasteiger partial charge in [0.25, 0.3) is 0 Å². The summed E-state index contributed by atoms with van der Waals surface area (Å²) in [6, 6.07) is 2.44. The smallest absolute Gasteiger partial charge is 0.224 e. The molecule has 0 aliphatic heterocycles. The summed E-state index contributed by atoms with van der Waals surface area (Å²) in [7, 11) is 0. The zero-order valence-electron chi connectivity index (χ0n) is 13.0. The highest BCUT2D eigenvalue weighted by Crippen LogP contribution is 2.18. The van der Waals surface area contributed by atoms with Crippen molar-refractivity contribution in [2.24, 2.45) is 5.92 Å². The van der Waals surface area contributed by atoms with Crippen LogP contribution in [0, 0.1) is 12.8 Å². The number of aryl methyl sites for hydroxylation is 1. The van der Waals surface area contributed by atoms with Crippen LogP contribution in [0.5, 0.6) is 0 Å². The van der Waals surface area contributed by atoms with E-state index in [0.29, 0.717) is 12.0 Å². The van der Waals surface area contributed by atoms with Gasteiger partial charge < -0.3 is 10.6 Å². The lowest BCUT2D eigenvalue weighted by Crippen LogP contribution is -2.25. The van der Waals surface area contributed by atoms with Gasteiger partial charge in [0.05, 0.1) is 0 Å². The second kappa shape index (κ2) is 7.97. The highest BCUT2D eigenvalue weighted by atomic mass is 15.1. The standard InChI is InChI=1S/C15H28N4/c1-6-9-16-15-17-11(4)10-14(19-15)18-12(5)13(7-2)8-3/h10,12-13H,6-9H2,1-5H3,(H2,16,17,18,19). The monoisotopic (exact) mass is 264 g/mol. The van der Waals surface area contributed by atoms with E-state index in [1.165, 1.54) is 12.8 Å². The van der Waals surface area contributed by atoms with Crippen molar-refractivity contribution in [2.75, 3.05) is 17.2 Å². The first-order valence-corrected chi connectivity index (χ1v) is 7.46. The van der Waals surface area contributed by atoms with E-state index in [1.807, 2.05) is 13.0 Å². The van der Waals surface area contributed by atoms with Crippen LogP contribution in [0.4, 0.5) is 11.8 Å². The van der Waals surface area contributed by atoms with Gasteiger partial charge in [-0.3, -0.25) is 0 Å². The Balaban J connectivity index is 2.74. The molecular weight excluding hydrogens is 236 g/mol. The third-order valence-corrected chi connectivity index (χ3v) is 3.52. The molecule has 1 heterocycles. The fourth-order valence-electron chi connectivity index (χ4n) is 2.31. The van der Waals surface area contributed by atoms with Crippen LogP contribution in [-0.2, 0) is 0 Å². The van der Waals surface area contributed by atoms with Crippen molar-refractivity contribution < 1.29 is 0 Å². The van der Waals surface area contributed by atoms with E-state index in [0.717, 1.165) is 30.4 Å². The third-order valence-electron chi connectivity index (χ3n) is 3.52. The van der Waals surface area contributed by atoms with Crippen molar-refractivity contribution in [3.8, 4) is 0 Å². The average Bonchev–Trinajstić information content (AvgIpc) is 2.37. The Bertz CT molecular complexity index is 374. The van der Waals surface area contributed by atoms with Gasteiger partial charge in [0.2, 0.25) is 5.95 Å². The molecule has 0 aliphatic carbocycles. The fraction of sp³-hybridized carbons (Fsp3) is 0.733. The van der Waals surface area contributed by atoms with Crippen LogP contribution in [0.3, 0.4) is 0 Å². The number of aromatic nitrogens is 2. The molecule has 0 fully saturated rings. The van der Waals surface area contributed by atoms with Crippen LogP contribution in [0.2, 0.25) is 0 Å². The molecule has 4 heteroatoms. The van der Waals surface area contributed by atoms with Gasteiger partial charge >= 0.3 is 0 Å². The molecule has 0 bridgehead atoms. The van der Waals surface area contributed by atoms with Crippen LogP contribution in [0.25, 0.3) is 0 Å². The van der Waals surface area contributed by atoms with E-state index in [-0.39, 0.29) is 0 Å². The lowest BCUT2D eigenvalue weighted by atomic mass is 9.95. The summed E-state index contributed by atoms with van der Waals surface area (Å²) >= 11 is 0. The number of hydrogen-bond acceptors (Lipinski definition) is 4. The predicted octanol–water partition coefficient (Wildman–Crippen LogP) is 3.84. The molecule has 0 aliphatic rings. The van der Waals surface area contributed by atoms with Gasteiger partial charge in [-0.05, 0) is 26.2 Å². The van der Waals surface area contributed by atoms with E-state index >= 15 is 0 Å². The molecule has 0 aromatic carbocycles. The van der Waals surface area contributed by atoms with Gasteiger partial charge in [0.15, 0.2) is 0 Å². The summed E-state index contributed by atoms with van der Waals surface area (Å²) in [5, 5.41) is 6.75. The van der Waals surface area contributed by atoms with Crippen molar-refractivity contribution in [1.82, 2.24) is 9.97 Å². The molecule has 0 amide bonds. The maximum atomic E-state index is 4.53. The molecule has 108 valence electrons. The van der Waals surface area contributed by atoms with Crippen LogP contribution in [-0.4, -0.2) is 22.6 Å². The molecular formula is C15H28N4. The van der Waals surface area contributed by atoms with Crippen molar-refractivity contribution >= 4 is 11.8 Å². The molecule has 2 N–H and O–H groups in total. The molecule has 0 saturated carbocycles. The number of anilines is 2. The number of nitrogens with zero attached hydrogens (tertiary/aromatic N) is 2. The van der Waals surface area contributed by atoms with Gasteiger partial charge in [-0.25, -0.2) is 4.98 Å². The van der Waals surface area contributed by atoms with Crippen molar-refractivity contribution in [3.63, 3.8) is 0 Å². The first-order valence-electron chi connectivity index (χ1n) is 7.46. The first kappa shape index (κ1) is 15.7. The molecule has 0 radical (unpaired) electrons. The zero-order chi connectivity index (χ0) is 14.3. The molecule has 1 unspecified atom stereocenters. The molecule has 0 spiro atoms. The van der Waals surface area contributed by atoms with E-state index in [1.54, 1.807) is 0 Å². The van der Waals surface area contributed by atoms with E-state index in [9.17, 15) is 0 Å². The van der Waals surface area contributed by atoms with Crippen LogP contribution < -0.4 is 10.6 Å². The molecule has 1 aromatic rings. The Morgan fingerprint density at radius 1 is 1.16 bits per heavy atom. The molecule has 0 saturated heterocycles. The Kier molecular flexibility index (Phi) is 6.60. The quantitative estimate of drug-likeness (QED) is 0.749. The molecule has 19 heavy (non-hydrogen) atoms. The maximum absolute atomic E-state index is 4.53. The highest BCUT2D eigenvalue weighted by Gasteiger charge is 2.14. The van der Waals surface area contributed by atoms with Crippen LogP contribution >= 0.6 is 0 Å². The SMILES string of the molecule is CCCNc1nc(C)cc(NC(C)C(CC)CC)n1.